The van der Waals surface area contributed by atoms with Crippen molar-refractivity contribution in [3.63, 3.8) is 0 Å². The van der Waals surface area contributed by atoms with E-state index in [0.29, 0.717) is 33.4 Å². The van der Waals surface area contributed by atoms with Gasteiger partial charge in [-0.05, 0) is 79.6 Å². The first-order valence-corrected chi connectivity index (χ1v) is 13.8. The maximum absolute atomic E-state index is 14.8. The smallest absolute Gasteiger partial charge is 0.303 e. The summed E-state index contributed by atoms with van der Waals surface area (Å²) in [6.45, 7) is 4.12. The zero-order valence-electron chi connectivity index (χ0n) is 21.4. The molecule has 5 nitrogen and oxygen atoms in total. The Labute approximate surface area is 220 Å². The van der Waals surface area contributed by atoms with Gasteiger partial charge in [0, 0.05) is 17.2 Å². The van der Waals surface area contributed by atoms with Crippen LogP contribution in [0.15, 0.2) is 65.6 Å². The molecule has 1 aliphatic carbocycles. The highest BCUT2D eigenvalue weighted by Crippen LogP contribution is 2.40. The van der Waals surface area contributed by atoms with Crippen LogP contribution in [0.2, 0.25) is 0 Å². The maximum atomic E-state index is 14.8. The van der Waals surface area contributed by atoms with Crippen molar-refractivity contribution >= 4 is 17.1 Å². The number of aliphatic carboxylic acids is 1. The van der Waals surface area contributed by atoms with E-state index in [9.17, 15) is 18.8 Å². The van der Waals surface area contributed by atoms with Gasteiger partial charge in [-0.2, -0.15) is 4.55 Å². The number of benzene rings is 3. The van der Waals surface area contributed by atoms with Crippen LogP contribution < -0.4 is 9.47 Å². The molecule has 1 saturated carbocycles. The Kier molecular flexibility index (Phi) is 8.77. The number of ether oxygens (including phenoxy) is 2. The van der Waals surface area contributed by atoms with Gasteiger partial charge < -0.3 is 14.6 Å². The molecule has 1 aliphatic rings. The lowest BCUT2D eigenvalue weighted by molar-refractivity contribution is -0.137. The molecular formula is C30H34FO5S+. The average molecular weight is 526 g/mol. The fraction of sp³-hybridized carbons (Fsp3) is 0.367. The molecule has 4 rings (SSSR count). The van der Waals surface area contributed by atoms with Gasteiger partial charge in [-0.25, -0.2) is 4.39 Å². The third kappa shape index (κ3) is 7.05. The molecule has 3 aromatic rings. The van der Waals surface area contributed by atoms with E-state index in [2.05, 4.69) is 0 Å². The van der Waals surface area contributed by atoms with Gasteiger partial charge in [0.1, 0.15) is 23.9 Å². The molecule has 2 N–H and O–H groups in total. The van der Waals surface area contributed by atoms with Crippen LogP contribution in [0.1, 0.15) is 56.6 Å². The number of halogens is 1. The molecule has 0 radical (unpaired) electrons. The van der Waals surface area contributed by atoms with Crippen LogP contribution in [0.3, 0.4) is 0 Å². The van der Waals surface area contributed by atoms with E-state index in [1.54, 1.807) is 12.1 Å². The van der Waals surface area contributed by atoms with Crippen molar-refractivity contribution in [3.05, 3.63) is 77.6 Å². The third-order valence-corrected chi connectivity index (χ3v) is 8.33. The van der Waals surface area contributed by atoms with Crippen molar-refractivity contribution < 1.29 is 28.3 Å². The first-order valence-electron chi connectivity index (χ1n) is 12.6. The van der Waals surface area contributed by atoms with Crippen LogP contribution in [0.4, 0.5) is 4.39 Å². The summed E-state index contributed by atoms with van der Waals surface area (Å²) in [5.74, 6) is 0.625. The normalized spacial score (nSPS) is 14.9. The summed E-state index contributed by atoms with van der Waals surface area (Å²) < 4.78 is 37.1. The van der Waals surface area contributed by atoms with Gasteiger partial charge in [0.05, 0.1) is 13.5 Å². The van der Waals surface area contributed by atoms with E-state index < -0.39 is 17.1 Å². The molecule has 0 saturated heterocycles. The molecule has 37 heavy (non-hydrogen) atoms. The maximum Gasteiger partial charge on any atom is 0.303 e. The number of rotatable bonds is 12. The molecule has 1 fully saturated rings. The highest BCUT2D eigenvalue weighted by atomic mass is 32.2. The van der Waals surface area contributed by atoms with Crippen molar-refractivity contribution in [2.45, 2.75) is 62.2 Å². The zero-order valence-corrected chi connectivity index (χ0v) is 22.3. The van der Waals surface area contributed by atoms with E-state index in [1.165, 1.54) is 26.0 Å². The van der Waals surface area contributed by atoms with Gasteiger partial charge in [0.25, 0.3) is 0 Å². The van der Waals surface area contributed by atoms with Crippen molar-refractivity contribution in [3.8, 4) is 22.6 Å². The molecule has 0 aliphatic heterocycles. The Morgan fingerprint density at radius 3 is 2.51 bits per heavy atom. The second-order valence-corrected chi connectivity index (χ2v) is 11.9. The summed E-state index contributed by atoms with van der Waals surface area (Å²) in [5, 5.41) is 9.34. The quantitative estimate of drug-likeness (QED) is 0.243. The lowest BCUT2D eigenvalue weighted by Crippen LogP contribution is -2.15. The van der Waals surface area contributed by atoms with Crippen LogP contribution in [0.5, 0.6) is 11.5 Å². The average Bonchev–Trinajstić information content (AvgIpc) is 3.71. The van der Waals surface area contributed by atoms with Crippen molar-refractivity contribution in [1.29, 1.82) is 0 Å². The Hall–Kier alpha value is -3.03. The van der Waals surface area contributed by atoms with Crippen LogP contribution in [-0.2, 0) is 22.6 Å². The van der Waals surface area contributed by atoms with Gasteiger partial charge in [-0.1, -0.05) is 31.0 Å². The van der Waals surface area contributed by atoms with Gasteiger partial charge in [-0.3, -0.25) is 4.79 Å². The molecule has 196 valence electrons. The van der Waals surface area contributed by atoms with Crippen molar-refractivity contribution in [1.82, 2.24) is 0 Å². The highest BCUT2D eigenvalue weighted by Gasteiger charge is 2.30. The van der Waals surface area contributed by atoms with Gasteiger partial charge in [-0.15, -0.1) is 0 Å². The molecule has 0 amide bonds. The molecule has 1 unspecified atom stereocenters. The molecule has 0 bridgehead atoms. The molecular weight excluding hydrogens is 491 g/mol. The second kappa shape index (κ2) is 12.0. The lowest BCUT2D eigenvalue weighted by Gasteiger charge is -2.17. The number of carbonyl (C=O) groups is 1. The number of hydrogen-bond acceptors (Lipinski definition) is 4. The van der Waals surface area contributed by atoms with Crippen LogP contribution in [-0.4, -0.2) is 28.0 Å². The molecule has 0 spiro atoms. The standard InChI is InChI=1S/C30H33FO5S/c1-19(2)37(34)29-14-21(9-11-26(29)27-17-24(35-3)10-12-28(27)31)18-36-25-6-4-5-22(15-25)23(16-30(32)33)13-20-7-8-20/h4-6,9-12,14-15,17,19-20,23,34H,7-8,13,16,18H2,1-3H3/p+1/t23-,37?/m0/s1. The summed E-state index contributed by atoms with van der Waals surface area (Å²) in [7, 11) is 1.54. The fourth-order valence-electron chi connectivity index (χ4n) is 4.47. The van der Waals surface area contributed by atoms with E-state index in [0.717, 1.165) is 17.5 Å². The van der Waals surface area contributed by atoms with Crippen LogP contribution >= 0.6 is 0 Å². The fourth-order valence-corrected chi connectivity index (χ4v) is 5.66. The van der Waals surface area contributed by atoms with E-state index in [4.69, 9.17) is 9.47 Å². The first kappa shape index (κ1) is 27.0. The predicted molar refractivity (Wildman–Crippen MR) is 145 cm³/mol. The molecule has 2 atom stereocenters. The highest BCUT2D eigenvalue weighted by molar-refractivity contribution is 7.92. The topological polar surface area (TPSA) is 76.0 Å². The summed E-state index contributed by atoms with van der Waals surface area (Å²) in [6.07, 6.45) is 3.34. The molecule has 0 heterocycles. The minimum Gasteiger partial charge on any atom is -0.497 e. The Morgan fingerprint density at radius 2 is 1.84 bits per heavy atom. The first-order chi connectivity index (χ1) is 17.7. The summed E-state index contributed by atoms with van der Waals surface area (Å²) in [6, 6.07) is 17.8. The largest absolute Gasteiger partial charge is 0.497 e. The SMILES string of the molecule is COc1ccc(F)c(-c2ccc(COc3cccc([C@H](CC(=O)O)CC4CC4)c3)cc2[S+](O)C(C)C)c1. The molecule has 0 aromatic heterocycles. The number of hydrogen-bond donors (Lipinski definition) is 2. The number of carboxylic acids is 1. The van der Waals surface area contributed by atoms with Gasteiger partial charge in [0.15, 0.2) is 21.3 Å². The summed E-state index contributed by atoms with van der Waals surface area (Å²) >= 11 is -1.11. The number of carboxylic acid groups (broad SMARTS) is 1. The van der Waals surface area contributed by atoms with Crippen molar-refractivity contribution in [2.24, 2.45) is 5.92 Å². The minimum absolute atomic E-state index is 0.0282. The van der Waals surface area contributed by atoms with Crippen LogP contribution in [0.25, 0.3) is 11.1 Å². The summed E-state index contributed by atoms with van der Waals surface area (Å²) in [5.41, 5.74) is 2.83. The summed E-state index contributed by atoms with van der Waals surface area (Å²) in [4.78, 5) is 12.1. The molecule has 7 heteroatoms. The Morgan fingerprint density at radius 1 is 1.05 bits per heavy atom. The number of methoxy groups -OCH3 is 1. The predicted octanol–water partition coefficient (Wildman–Crippen LogP) is 7.30. The van der Waals surface area contributed by atoms with Crippen molar-refractivity contribution in [2.75, 3.05) is 7.11 Å². The second-order valence-electron chi connectivity index (χ2n) is 9.87. The van der Waals surface area contributed by atoms with E-state index in [-0.39, 0.29) is 30.0 Å². The monoisotopic (exact) mass is 525 g/mol. The third-order valence-electron chi connectivity index (χ3n) is 6.65. The van der Waals surface area contributed by atoms with Gasteiger partial charge in [0.2, 0.25) is 0 Å². The van der Waals surface area contributed by atoms with Gasteiger partial charge >= 0.3 is 5.97 Å². The van der Waals surface area contributed by atoms with E-state index >= 15 is 0 Å². The molecule has 3 aromatic carbocycles. The van der Waals surface area contributed by atoms with Crippen LogP contribution in [0, 0.1) is 11.7 Å². The zero-order chi connectivity index (χ0) is 26.5. The Bertz CT molecular complexity index is 1240. The minimum atomic E-state index is -1.11. The lowest BCUT2D eigenvalue weighted by atomic mass is 9.90. The Balaban J connectivity index is 1.57. The van der Waals surface area contributed by atoms with E-state index in [1.807, 2.05) is 56.3 Å².